The summed E-state index contributed by atoms with van der Waals surface area (Å²) in [5, 5.41) is 6.85. The standard InChI is InChI=1S/C18H22N4O2/c1-11-12(2)21-17-16(11)18(20-10-19-17)22-14-5-3-4-6-15(14)24-13-7-8-23-9-13/h3-6,10-13H,7-9H2,1-2H3,(H2,19,20,21,22). The van der Waals surface area contributed by atoms with Crippen LogP contribution in [0.25, 0.3) is 0 Å². The molecule has 6 nitrogen and oxygen atoms in total. The van der Waals surface area contributed by atoms with E-state index in [4.69, 9.17) is 9.47 Å². The van der Waals surface area contributed by atoms with E-state index in [2.05, 4.69) is 34.4 Å². The first-order valence-corrected chi connectivity index (χ1v) is 8.44. The molecule has 3 unspecified atom stereocenters. The molecule has 24 heavy (non-hydrogen) atoms. The second-order valence-corrected chi connectivity index (χ2v) is 6.43. The number of ether oxygens (including phenoxy) is 2. The molecule has 1 saturated heterocycles. The maximum absolute atomic E-state index is 6.10. The first-order valence-electron chi connectivity index (χ1n) is 8.44. The minimum absolute atomic E-state index is 0.115. The summed E-state index contributed by atoms with van der Waals surface area (Å²) in [5.41, 5.74) is 2.04. The van der Waals surface area contributed by atoms with E-state index >= 15 is 0 Å². The van der Waals surface area contributed by atoms with Gasteiger partial charge in [-0.2, -0.15) is 0 Å². The fourth-order valence-electron chi connectivity index (χ4n) is 3.22. The molecule has 2 aromatic rings. The van der Waals surface area contributed by atoms with Gasteiger partial charge in [-0.25, -0.2) is 9.97 Å². The van der Waals surface area contributed by atoms with Crippen LogP contribution >= 0.6 is 0 Å². The molecule has 0 amide bonds. The zero-order valence-corrected chi connectivity index (χ0v) is 14.0. The zero-order valence-electron chi connectivity index (χ0n) is 14.0. The molecule has 0 spiro atoms. The molecule has 2 aliphatic rings. The van der Waals surface area contributed by atoms with Crippen LogP contribution in [-0.2, 0) is 4.74 Å². The van der Waals surface area contributed by atoms with Gasteiger partial charge in [0.05, 0.1) is 18.9 Å². The van der Waals surface area contributed by atoms with Crippen LogP contribution in [-0.4, -0.2) is 35.3 Å². The number of anilines is 3. The van der Waals surface area contributed by atoms with Crippen LogP contribution in [0, 0.1) is 0 Å². The minimum Gasteiger partial charge on any atom is -0.486 e. The summed E-state index contributed by atoms with van der Waals surface area (Å²) in [6, 6.07) is 8.31. The Labute approximate surface area is 141 Å². The Morgan fingerprint density at radius 1 is 1.25 bits per heavy atom. The Hall–Kier alpha value is -2.34. The molecule has 6 heteroatoms. The summed E-state index contributed by atoms with van der Waals surface area (Å²) in [4.78, 5) is 8.82. The van der Waals surface area contributed by atoms with Crippen molar-refractivity contribution in [1.82, 2.24) is 9.97 Å². The molecular weight excluding hydrogens is 304 g/mol. The van der Waals surface area contributed by atoms with Gasteiger partial charge in [0.15, 0.2) is 0 Å². The lowest BCUT2D eigenvalue weighted by molar-refractivity contribution is 0.142. The molecule has 3 heterocycles. The molecule has 0 aliphatic carbocycles. The van der Waals surface area contributed by atoms with Gasteiger partial charge < -0.3 is 20.1 Å². The number of para-hydroxylation sites is 2. The Morgan fingerprint density at radius 3 is 2.96 bits per heavy atom. The van der Waals surface area contributed by atoms with Gasteiger partial charge >= 0.3 is 0 Å². The van der Waals surface area contributed by atoms with Gasteiger partial charge in [0.2, 0.25) is 0 Å². The SMILES string of the molecule is CC1Nc2ncnc(Nc3ccccc3OC3CCOC3)c2C1C. The second-order valence-electron chi connectivity index (χ2n) is 6.43. The molecule has 126 valence electrons. The predicted octanol–water partition coefficient (Wildman–Crippen LogP) is 3.31. The van der Waals surface area contributed by atoms with Gasteiger partial charge in [0, 0.05) is 23.9 Å². The smallest absolute Gasteiger partial charge is 0.143 e. The third kappa shape index (κ3) is 2.78. The summed E-state index contributed by atoms with van der Waals surface area (Å²) in [5.74, 6) is 2.92. The Morgan fingerprint density at radius 2 is 2.12 bits per heavy atom. The highest BCUT2D eigenvalue weighted by molar-refractivity contribution is 5.71. The average Bonchev–Trinajstić information content (AvgIpc) is 3.19. The number of aromatic nitrogens is 2. The molecule has 0 saturated carbocycles. The topological polar surface area (TPSA) is 68.3 Å². The van der Waals surface area contributed by atoms with Crippen molar-refractivity contribution >= 4 is 17.3 Å². The van der Waals surface area contributed by atoms with Crippen LogP contribution in [0.4, 0.5) is 17.3 Å². The summed E-state index contributed by atoms with van der Waals surface area (Å²) < 4.78 is 11.5. The highest BCUT2D eigenvalue weighted by atomic mass is 16.5. The Bertz CT molecular complexity index is 731. The lowest BCUT2D eigenvalue weighted by Gasteiger charge is -2.18. The summed E-state index contributed by atoms with van der Waals surface area (Å²) in [6.07, 6.45) is 2.63. The number of benzene rings is 1. The molecule has 4 rings (SSSR count). The normalized spacial score (nSPS) is 25.2. The number of nitrogens with one attached hydrogen (secondary N) is 2. The van der Waals surface area contributed by atoms with Gasteiger partial charge in [-0.15, -0.1) is 0 Å². The van der Waals surface area contributed by atoms with Gasteiger partial charge in [-0.3, -0.25) is 0 Å². The number of hydrogen-bond donors (Lipinski definition) is 2. The second kappa shape index (κ2) is 6.28. The van der Waals surface area contributed by atoms with Crippen molar-refractivity contribution in [2.45, 2.75) is 38.3 Å². The van der Waals surface area contributed by atoms with E-state index in [9.17, 15) is 0 Å². The van der Waals surface area contributed by atoms with Crippen molar-refractivity contribution in [3.63, 3.8) is 0 Å². The van der Waals surface area contributed by atoms with Crippen molar-refractivity contribution < 1.29 is 9.47 Å². The maximum Gasteiger partial charge on any atom is 0.143 e. The van der Waals surface area contributed by atoms with Gasteiger partial charge in [0.1, 0.15) is 29.8 Å². The van der Waals surface area contributed by atoms with Gasteiger partial charge in [0.25, 0.3) is 0 Å². The first kappa shape index (κ1) is 15.2. The zero-order chi connectivity index (χ0) is 16.5. The van der Waals surface area contributed by atoms with E-state index in [1.165, 1.54) is 0 Å². The first-order chi connectivity index (χ1) is 11.7. The van der Waals surface area contributed by atoms with Crippen molar-refractivity contribution in [2.24, 2.45) is 0 Å². The molecule has 1 fully saturated rings. The van der Waals surface area contributed by atoms with E-state index in [-0.39, 0.29) is 6.10 Å². The average molecular weight is 326 g/mol. The van der Waals surface area contributed by atoms with E-state index in [1.54, 1.807) is 6.33 Å². The molecular formula is C18H22N4O2. The third-order valence-electron chi connectivity index (χ3n) is 4.78. The van der Waals surface area contributed by atoms with Crippen LogP contribution in [0.1, 0.15) is 31.7 Å². The van der Waals surface area contributed by atoms with Gasteiger partial charge in [-0.1, -0.05) is 19.1 Å². The van der Waals surface area contributed by atoms with Crippen molar-refractivity contribution in [1.29, 1.82) is 0 Å². The number of fused-ring (bicyclic) bond motifs is 1. The molecule has 2 N–H and O–H groups in total. The van der Waals surface area contributed by atoms with E-state index in [0.717, 1.165) is 41.7 Å². The Balaban J connectivity index is 1.62. The van der Waals surface area contributed by atoms with E-state index in [1.807, 2.05) is 24.3 Å². The number of nitrogens with zero attached hydrogens (tertiary/aromatic N) is 2. The highest BCUT2D eigenvalue weighted by Crippen LogP contribution is 2.40. The molecule has 3 atom stereocenters. The largest absolute Gasteiger partial charge is 0.486 e. The Kier molecular flexibility index (Phi) is 3.98. The minimum atomic E-state index is 0.115. The summed E-state index contributed by atoms with van der Waals surface area (Å²) in [6.45, 7) is 5.76. The van der Waals surface area contributed by atoms with Gasteiger partial charge in [-0.05, 0) is 19.1 Å². The summed E-state index contributed by atoms with van der Waals surface area (Å²) >= 11 is 0. The van der Waals surface area contributed by atoms with Crippen LogP contribution in [0.15, 0.2) is 30.6 Å². The van der Waals surface area contributed by atoms with Crippen LogP contribution in [0.5, 0.6) is 5.75 Å². The molecule has 0 bridgehead atoms. The number of hydrogen-bond acceptors (Lipinski definition) is 6. The fraction of sp³-hybridized carbons (Fsp3) is 0.444. The van der Waals surface area contributed by atoms with Crippen LogP contribution in [0.3, 0.4) is 0 Å². The lowest BCUT2D eigenvalue weighted by atomic mass is 10.00. The number of rotatable bonds is 4. The molecule has 1 aromatic carbocycles. The van der Waals surface area contributed by atoms with E-state index < -0.39 is 0 Å². The highest BCUT2D eigenvalue weighted by Gasteiger charge is 2.30. The lowest BCUT2D eigenvalue weighted by Crippen LogP contribution is -2.16. The molecule has 0 radical (unpaired) electrons. The third-order valence-corrected chi connectivity index (χ3v) is 4.78. The van der Waals surface area contributed by atoms with Crippen molar-refractivity contribution in [2.75, 3.05) is 23.8 Å². The van der Waals surface area contributed by atoms with Crippen LogP contribution < -0.4 is 15.4 Å². The van der Waals surface area contributed by atoms with Crippen molar-refractivity contribution in [3.05, 3.63) is 36.2 Å². The maximum atomic E-state index is 6.10. The van der Waals surface area contributed by atoms with Crippen LogP contribution in [0.2, 0.25) is 0 Å². The van der Waals surface area contributed by atoms with Crippen molar-refractivity contribution in [3.8, 4) is 5.75 Å². The monoisotopic (exact) mass is 326 g/mol. The fourth-order valence-corrected chi connectivity index (χ4v) is 3.22. The summed E-state index contributed by atoms with van der Waals surface area (Å²) in [7, 11) is 0. The van der Waals surface area contributed by atoms with E-state index in [0.29, 0.717) is 18.6 Å². The molecule has 1 aromatic heterocycles. The predicted molar refractivity (Wildman–Crippen MR) is 93.1 cm³/mol. The molecule has 2 aliphatic heterocycles. The quantitative estimate of drug-likeness (QED) is 0.898.